The van der Waals surface area contributed by atoms with Gasteiger partial charge in [-0.05, 0) is 36.8 Å². The molecule has 18 heavy (non-hydrogen) atoms. The fourth-order valence-electron chi connectivity index (χ4n) is 1.61. The van der Waals surface area contributed by atoms with Crippen LogP contribution in [0.25, 0.3) is 0 Å². The molecule has 0 bridgehead atoms. The maximum Gasteiger partial charge on any atom is 0.119 e. The largest absolute Gasteiger partial charge is 0.491 e. The number of nitrogens with zero attached hydrogens (tertiary/aromatic N) is 1. The molecule has 0 aliphatic carbocycles. The molecule has 4 nitrogen and oxygen atoms in total. The van der Waals surface area contributed by atoms with Crippen LogP contribution in [0.5, 0.6) is 5.75 Å². The predicted octanol–water partition coefficient (Wildman–Crippen LogP) is 1.78. The van der Waals surface area contributed by atoms with E-state index in [1.54, 1.807) is 4.68 Å². The van der Waals surface area contributed by atoms with Gasteiger partial charge in [-0.25, -0.2) is 0 Å². The van der Waals surface area contributed by atoms with Crippen molar-refractivity contribution in [2.75, 3.05) is 18.6 Å². The first-order valence-corrected chi connectivity index (χ1v) is 5.98. The SMILES string of the molecule is Cc1cccc(OCC(O)CNn2cccc2)c1. The Morgan fingerprint density at radius 3 is 2.78 bits per heavy atom. The van der Waals surface area contributed by atoms with E-state index in [0.717, 1.165) is 11.3 Å². The van der Waals surface area contributed by atoms with Crippen LogP contribution in [0.4, 0.5) is 0 Å². The van der Waals surface area contributed by atoms with Gasteiger partial charge in [0.05, 0.1) is 6.54 Å². The van der Waals surface area contributed by atoms with Gasteiger partial charge >= 0.3 is 0 Å². The molecular weight excluding hydrogens is 228 g/mol. The highest BCUT2D eigenvalue weighted by atomic mass is 16.5. The second kappa shape index (κ2) is 6.12. The molecule has 1 heterocycles. The first-order chi connectivity index (χ1) is 8.74. The quantitative estimate of drug-likeness (QED) is 0.816. The van der Waals surface area contributed by atoms with Crippen molar-refractivity contribution in [3.63, 3.8) is 0 Å². The maximum absolute atomic E-state index is 9.78. The molecule has 1 aromatic heterocycles. The van der Waals surface area contributed by atoms with E-state index in [2.05, 4.69) is 5.43 Å². The van der Waals surface area contributed by atoms with Gasteiger partial charge in [-0.3, -0.25) is 4.68 Å². The number of aliphatic hydroxyl groups excluding tert-OH is 1. The molecule has 1 aromatic carbocycles. The van der Waals surface area contributed by atoms with Crippen molar-refractivity contribution in [1.82, 2.24) is 4.68 Å². The summed E-state index contributed by atoms with van der Waals surface area (Å²) in [6.45, 7) is 2.73. The molecule has 0 saturated heterocycles. The standard InChI is InChI=1S/C14H18N2O2/c1-12-5-4-6-14(9-12)18-11-13(17)10-15-16-7-2-3-8-16/h2-9,13,15,17H,10-11H2,1H3. The Balaban J connectivity index is 1.73. The molecule has 0 fully saturated rings. The Morgan fingerprint density at radius 2 is 2.06 bits per heavy atom. The Labute approximate surface area is 107 Å². The van der Waals surface area contributed by atoms with Crippen molar-refractivity contribution in [3.05, 3.63) is 54.4 Å². The molecule has 0 amide bonds. The molecular formula is C14H18N2O2. The summed E-state index contributed by atoms with van der Waals surface area (Å²) in [6.07, 6.45) is 3.22. The minimum atomic E-state index is -0.548. The third-order valence-electron chi connectivity index (χ3n) is 2.55. The zero-order chi connectivity index (χ0) is 12.8. The summed E-state index contributed by atoms with van der Waals surface area (Å²) in [6, 6.07) is 11.6. The number of hydrogen-bond acceptors (Lipinski definition) is 3. The first-order valence-electron chi connectivity index (χ1n) is 5.98. The highest BCUT2D eigenvalue weighted by Crippen LogP contribution is 2.12. The summed E-state index contributed by atoms with van der Waals surface area (Å²) in [4.78, 5) is 0. The van der Waals surface area contributed by atoms with Gasteiger partial charge in [0.25, 0.3) is 0 Å². The van der Waals surface area contributed by atoms with E-state index < -0.39 is 6.10 Å². The third kappa shape index (κ3) is 3.82. The Bertz CT molecular complexity index is 468. The number of hydrogen-bond donors (Lipinski definition) is 2. The van der Waals surface area contributed by atoms with E-state index in [1.165, 1.54) is 0 Å². The van der Waals surface area contributed by atoms with Crippen molar-refractivity contribution in [1.29, 1.82) is 0 Å². The van der Waals surface area contributed by atoms with Gasteiger partial charge < -0.3 is 15.3 Å². The van der Waals surface area contributed by atoms with Crippen LogP contribution in [0, 0.1) is 6.92 Å². The van der Waals surface area contributed by atoms with Gasteiger partial charge in [0.2, 0.25) is 0 Å². The average molecular weight is 246 g/mol. The summed E-state index contributed by atoms with van der Waals surface area (Å²) < 4.78 is 7.32. The number of nitrogens with one attached hydrogen (secondary N) is 1. The van der Waals surface area contributed by atoms with E-state index in [0.29, 0.717) is 6.54 Å². The van der Waals surface area contributed by atoms with Crippen molar-refractivity contribution >= 4 is 0 Å². The van der Waals surface area contributed by atoms with Crippen molar-refractivity contribution < 1.29 is 9.84 Å². The van der Waals surface area contributed by atoms with E-state index in [9.17, 15) is 5.11 Å². The number of benzene rings is 1. The predicted molar refractivity (Wildman–Crippen MR) is 71.3 cm³/mol. The van der Waals surface area contributed by atoms with Crippen LogP contribution in [-0.4, -0.2) is 29.0 Å². The summed E-state index contributed by atoms with van der Waals surface area (Å²) in [5, 5.41) is 9.78. The maximum atomic E-state index is 9.78. The normalized spacial score (nSPS) is 12.1. The Morgan fingerprint density at radius 1 is 1.28 bits per heavy atom. The molecule has 0 radical (unpaired) electrons. The van der Waals surface area contributed by atoms with Crippen LogP contribution in [0.1, 0.15) is 5.56 Å². The minimum Gasteiger partial charge on any atom is -0.491 e. The summed E-state index contributed by atoms with van der Waals surface area (Å²) in [5.41, 5.74) is 4.20. The Kier molecular flexibility index (Phi) is 4.25. The van der Waals surface area contributed by atoms with E-state index in [4.69, 9.17) is 4.74 Å². The molecule has 0 saturated carbocycles. The monoisotopic (exact) mass is 246 g/mol. The first kappa shape index (κ1) is 12.5. The summed E-state index contributed by atoms with van der Waals surface area (Å²) >= 11 is 0. The number of rotatable bonds is 6. The number of aryl methyl sites for hydroxylation is 1. The lowest BCUT2D eigenvalue weighted by molar-refractivity contribution is 0.115. The molecule has 4 heteroatoms. The number of aliphatic hydroxyl groups is 1. The smallest absolute Gasteiger partial charge is 0.119 e. The molecule has 2 rings (SSSR count). The van der Waals surface area contributed by atoms with Crippen molar-refractivity contribution in [2.45, 2.75) is 13.0 Å². The lowest BCUT2D eigenvalue weighted by Gasteiger charge is -2.14. The highest BCUT2D eigenvalue weighted by molar-refractivity contribution is 5.27. The minimum absolute atomic E-state index is 0.276. The van der Waals surface area contributed by atoms with E-state index in [-0.39, 0.29) is 6.61 Å². The summed E-state index contributed by atoms with van der Waals surface area (Å²) in [5.74, 6) is 0.787. The molecule has 0 spiro atoms. The third-order valence-corrected chi connectivity index (χ3v) is 2.55. The van der Waals surface area contributed by atoms with E-state index >= 15 is 0 Å². The fourth-order valence-corrected chi connectivity index (χ4v) is 1.61. The lowest BCUT2D eigenvalue weighted by atomic mass is 10.2. The molecule has 2 aromatic rings. The van der Waals surface area contributed by atoms with Crippen LogP contribution in [0.15, 0.2) is 48.8 Å². The zero-order valence-corrected chi connectivity index (χ0v) is 10.4. The second-order valence-corrected chi connectivity index (χ2v) is 4.23. The van der Waals surface area contributed by atoms with Gasteiger partial charge in [-0.15, -0.1) is 0 Å². The molecule has 0 aliphatic heterocycles. The second-order valence-electron chi connectivity index (χ2n) is 4.23. The van der Waals surface area contributed by atoms with Crippen LogP contribution in [0.2, 0.25) is 0 Å². The summed E-state index contributed by atoms with van der Waals surface area (Å²) in [7, 11) is 0. The average Bonchev–Trinajstić information content (AvgIpc) is 2.87. The topological polar surface area (TPSA) is 46.4 Å². The van der Waals surface area contributed by atoms with Gasteiger partial charge in [-0.2, -0.15) is 0 Å². The zero-order valence-electron chi connectivity index (χ0n) is 10.4. The fraction of sp³-hybridized carbons (Fsp3) is 0.286. The van der Waals surface area contributed by atoms with Crippen LogP contribution in [0.3, 0.4) is 0 Å². The molecule has 1 unspecified atom stereocenters. The van der Waals surface area contributed by atoms with Crippen molar-refractivity contribution in [3.8, 4) is 5.75 Å². The van der Waals surface area contributed by atoms with E-state index in [1.807, 2.05) is 55.7 Å². The number of ether oxygens (including phenoxy) is 1. The van der Waals surface area contributed by atoms with Crippen LogP contribution < -0.4 is 10.2 Å². The highest BCUT2D eigenvalue weighted by Gasteiger charge is 2.04. The Hall–Kier alpha value is -1.94. The van der Waals surface area contributed by atoms with Crippen molar-refractivity contribution in [2.24, 2.45) is 0 Å². The van der Waals surface area contributed by atoms with Gasteiger partial charge in [0.15, 0.2) is 0 Å². The molecule has 2 N–H and O–H groups in total. The number of aromatic nitrogens is 1. The van der Waals surface area contributed by atoms with Gasteiger partial charge in [0, 0.05) is 12.4 Å². The molecule has 96 valence electrons. The lowest BCUT2D eigenvalue weighted by Crippen LogP contribution is -2.30. The van der Waals surface area contributed by atoms with Gasteiger partial charge in [-0.1, -0.05) is 12.1 Å². The van der Waals surface area contributed by atoms with Crippen LogP contribution >= 0.6 is 0 Å². The molecule has 0 aliphatic rings. The molecule has 1 atom stereocenters. The van der Waals surface area contributed by atoms with Crippen LogP contribution in [-0.2, 0) is 0 Å². The van der Waals surface area contributed by atoms with Gasteiger partial charge in [0.1, 0.15) is 18.5 Å².